The maximum absolute atomic E-state index is 6.72. The summed E-state index contributed by atoms with van der Waals surface area (Å²) in [5.41, 5.74) is 5.70. The minimum Gasteiger partial charge on any atom is -0.497 e. The van der Waals surface area contributed by atoms with Gasteiger partial charge in [-0.15, -0.1) is 0 Å². The molecule has 6 aromatic carbocycles. The van der Waals surface area contributed by atoms with Gasteiger partial charge in [-0.25, -0.2) is 0 Å². The van der Waals surface area contributed by atoms with Gasteiger partial charge >= 0.3 is 0 Å². The Morgan fingerprint density at radius 2 is 0.953 bits per heavy atom. The number of para-hydroxylation sites is 2. The number of methoxy groups -OCH3 is 2. The smallest absolute Gasteiger partial charge is 0.180 e. The molecule has 0 aliphatic carbocycles. The van der Waals surface area contributed by atoms with Gasteiger partial charge in [0.05, 0.1) is 14.2 Å². The Balaban J connectivity index is 1.52. The van der Waals surface area contributed by atoms with Crippen LogP contribution in [-0.4, -0.2) is 22.3 Å². The van der Waals surface area contributed by atoms with E-state index in [1.165, 1.54) is 31.9 Å². The highest BCUT2D eigenvalue weighted by Crippen LogP contribution is 2.38. The Morgan fingerprint density at radius 1 is 0.488 bits per heavy atom. The van der Waals surface area contributed by atoms with Crippen molar-refractivity contribution in [2.75, 3.05) is 19.1 Å². The molecule has 1 heterocycles. The lowest BCUT2D eigenvalue weighted by atomic mass is 10.0. The van der Waals surface area contributed by atoms with Crippen LogP contribution in [0.4, 0.5) is 17.1 Å². The van der Waals surface area contributed by atoms with E-state index in [1.54, 1.807) is 14.2 Å². The van der Waals surface area contributed by atoms with Crippen molar-refractivity contribution in [2.45, 2.75) is 0 Å². The summed E-state index contributed by atoms with van der Waals surface area (Å²) in [5, 5.41) is 5.97. The van der Waals surface area contributed by atoms with E-state index in [1.807, 2.05) is 6.07 Å². The van der Waals surface area contributed by atoms with E-state index in [9.17, 15) is 0 Å². The van der Waals surface area contributed by atoms with Crippen molar-refractivity contribution in [3.8, 4) is 22.6 Å². The number of fused-ring (bicyclic) bond motifs is 3. The van der Waals surface area contributed by atoms with Gasteiger partial charge in [0.25, 0.3) is 0 Å². The number of rotatable bonds is 7. The first-order chi connectivity index (χ1) is 21.1. The molecule has 6 aromatic rings. The van der Waals surface area contributed by atoms with Gasteiger partial charge in [0, 0.05) is 22.1 Å². The van der Waals surface area contributed by atoms with Crippen molar-refractivity contribution in [1.82, 2.24) is 0 Å². The van der Waals surface area contributed by atoms with Crippen LogP contribution in [0.5, 0.6) is 11.5 Å². The third-order valence-corrected chi connectivity index (χ3v) is 13.5. The highest BCUT2D eigenvalue weighted by molar-refractivity contribution is 7.22. The van der Waals surface area contributed by atoms with E-state index in [-0.39, 0.29) is 0 Å². The molecule has 3 nitrogen and oxygen atoms in total. The van der Waals surface area contributed by atoms with Crippen LogP contribution in [0, 0.1) is 0 Å². The molecular weight excluding hydrogens is 566 g/mol. The fraction of sp³-hybridized carbons (Fsp3) is 0.0526. The van der Waals surface area contributed by atoms with Crippen LogP contribution in [0.3, 0.4) is 0 Å². The first kappa shape index (κ1) is 27.1. The number of nitrogens with zero attached hydrogens (tertiary/aromatic N) is 1. The van der Waals surface area contributed by atoms with E-state index in [4.69, 9.17) is 21.1 Å². The van der Waals surface area contributed by atoms with E-state index in [2.05, 4.69) is 144 Å². The van der Waals surface area contributed by atoms with Gasteiger partial charge in [-0.2, -0.15) is 0 Å². The Labute approximate surface area is 258 Å². The molecule has 7 rings (SSSR count). The molecule has 1 aliphatic rings. The summed E-state index contributed by atoms with van der Waals surface area (Å²) in [7, 11) is 0.693. The second-order valence-electron chi connectivity index (χ2n) is 10.6. The summed E-state index contributed by atoms with van der Waals surface area (Å²) >= 11 is 6.72. The summed E-state index contributed by atoms with van der Waals surface area (Å²) in [4.78, 5) is 2.31. The standard InChI is InChI=1S/C38H30ClNO2Si/c1-41-31-15-19-33(20-16-31)43(34-21-17-32(42-2)18-22-34)37-23-13-27(39)25-35(37)36-26-30(14-24-38(36)43)40(28-9-5-3-6-10-28)29-11-7-4-8-12-29/h3-26H,1-2H3. The zero-order chi connectivity index (χ0) is 29.4. The Morgan fingerprint density at radius 3 is 1.44 bits per heavy atom. The summed E-state index contributed by atoms with van der Waals surface area (Å²) in [6.07, 6.45) is 0. The minimum absolute atomic E-state index is 0.729. The molecule has 0 spiro atoms. The van der Waals surface area contributed by atoms with Crippen LogP contribution in [0.25, 0.3) is 11.1 Å². The third-order valence-electron chi connectivity index (χ3n) is 8.42. The van der Waals surface area contributed by atoms with Gasteiger partial charge in [0.2, 0.25) is 0 Å². The number of halogens is 1. The second-order valence-corrected chi connectivity index (χ2v) is 14.8. The van der Waals surface area contributed by atoms with Crippen molar-refractivity contribution >= 4 is 57.5 Å². The Hall–Kier alpha value is -4.77. The van der Waals surface area contributed by atoms with E-state index in [0.29, 0.717) is 0 Å². The molecule has 5 heteroatoms. The zero-order valence-corrected chi connectivity index (χ0v) is 25.8. The number of benzene rings is 6. The molecule has 0 fully saturated rings. The fourth-order valence-electron chi connectivity index (χ4n) is 6.50. The van der Waals surface area contributed by atoms with E-state index < -0.39 is 8.07 Å². The molecule has 0 radical (unpaired) electrons. The number of anilines is 3. The summed E-state index contributed by atoms with van der Waals surface area (Å²) in [6, 6.07) is 51.6. The first-order valence-corrected chi connectivity index (χ1v) is 16.7. The van der Waals surface area contributed by atoms with Gasteiger partial charge in [-0.3, -0.25) is 0 Å². The molecule has 0 aromatic heterocycles. The van der Waals surface area contributed by atoms with Crippen LogP contribution >= 0.6 is 11.6 Å². The molecular formula is C38H30ClNO2Si. The van der Waals surface area contributed by atoms with Crippen LogP contribution < -0.4 is 35.1 Å². The number of hydrogen-bond acceptors (Lipinski definition) is 3. The van der Waals surface area contributed by atoms with Crippen LogP contribution in [0.2, 0.25) is 5.02 Å². The average Bonchev–Trinajstić information content (AvgIpc) is 3.35. The quantitative estimate of drug-likeness (QED) is 0.182. The zero-order valence-electron chi connectivity index (χ0n) is 24.0. The Bertz CT molecular complexity index is 1810. The lowest BCUT2D eigenvalue weighted by Gasteiger charge is -2.32. The molecule has 0 amide bonds. The molecule has 0 saturated heterocycles. The number of ether oxygens (including phenoxy) is 2. The maximum atomic E-state index is 6.72. The lowest BCUT2D eigenvalue weighted by molar-refractivity contribution is 0.415. The third kappa shape index (κ3) is 4.51. The van der Waals surface area contributed by atoms with Crippen molar-refractivity contribution in [3.63, 3.8) is 0 Å². The summed E-state index contributed by atoms with van der Waals surface area (Å²) < 4.78 is 11.1. The molecule has 0 bridgehead atoms. The molecule has 43 heavy (non-hydrogen) atoms. The normalized spacial score (nSPS) is 12.7. The lowest BCUT2D eigenvalue weighted by Crippen LogP contribution is -2.72. The molecule has 210 valence electrons. The predicted molar refractivity (Wildman–Crippen MR) is 182 cm³/mol. The highest BCUT2D eigenvalue weighted by Gasteiger charge is 2.49. The van der Waals surface area contributed by atoms with Gasteiger partial charge in [0.1, 0.15) is 11.5 Å². The SMILES string of the molecule is COc1ccc([Si]2(c3ccc(OC)cc3)c3ccc(Cl)cc3-c3cc(N(c4ccccc4)c4ccccc4)ccc32)cc1. The van der Waals surface area contributed by atoms with Crippen molar-refractivity contribution in [1.29, 1.82) is 0 Å². The molecule has 0 unspecified atom stereocenters. The Kier molecular flexibility index (Phi) is 7.02. The van der Waals surface area contributed by atoms with Gasteiger partial charge < -0.3 is 14.4 Å². The maximum Gasteiger partial charge on any atom is 0.180 e. The topological polar surface area (TPSA) is 21.7 Å². The van der Waals surface area contributed by atoms with Gasteiger partial charge in [-0.1, -0.05) is 84.4 Å². The second kappa shape index (κ2) is 11.1. The number of hydrogen-bond donors (Lipinski definition) is 0. The van der Waals surface area contributed by atoms with Crippen molar-refractivity contribution < 1.29 is 9.47 Å². The van der Waals surface area contributed by atoms with E-state index in [0.717, 1.165) is 33.6 Å². The largest absolute Gasteiger partial charge is 0.497 e. The first-order valence-electron chi connectivity index (χ1n) is 14.3. The van der Waals surface area contributed by atoms with Crippen LogP contribution in [0.1, 0.15) is 0 Å². The highest BCUT2D eigenvalue weighted by atomic mass is 35.5. The van der Waals surface area contributed by atoms with E-state index >= 15 is 0 Å². The minimum atomic E-state index is -2.72. The predicted octanol–water partition coefficient (Wildman–Crippen LogP) is 7.18. The van der Waals surface area contributed by atoms with Crippen LogP contribution in [0.15, 0.2) is 146 Å². The van der Waals surface area contributed by atoms with Gasteiger partial charge in [0.15, 0.2) is 8.07 Å². The molecule has 0 atom stereocenters. The molecule has 1 aliphatic heterocycles. The summed E-state index contributed by atoms with van der Waals surface area (Å²) in [6.45, 7) is 0. The van der Waals surface area contributed by atoms with Crippen LogP contribution in [-0.2, 0) is 0 Å². The molecule has 0 saturated carbocycles. The molecule has 0 N–H and O–H groups in total. The fourth-order valence-corrected chi connectivity index (χ4v) is 11.8. The van der Waals surface area contributed by atoms with Crippen molar-refractivity contribution in [3.05, 3.63) is 151 Å². The summed E-state index contributed by atoms with van der Waals surface area (Å²) in [5.74, 6) is 1.68. The van der Waals surface area contributed by atoms with Gasteiger partial charge in [-0.05, 0) is 105 Å². The average molecular weight is 596 g/mol. The van der Waals surface area contributed by atoms with Crippen molar-refractivity contribution in [2.24, 2.45) is 0 Å². The monoisotopic (exact) mass is 595 g/mol.